The predicted octanol–water partition coefficient (Wildman–Crippen LogP) is 4.11. The largest absolute Gasteiger partial charge is 0.466 e. The van der Waals surface area contributed by atoms with Crippen molar-refractivity contribution in [3.05, 3.63) is 64.7 Å². The summed E-state index contributed by atoms with van der Waals surface area (Å²) in [5, 5.41) is 1.44. The molecule has 1 aliphatic heterocycles. The molecule has 0 bridgehead atoms. The van der Waals surface area contributed by atoms with Crippen molar-refractivity contribution in [1.82, 2.24) is 14.5 Å². The summed E-state index contributed by atoms with van der Waals surface area (Å²) in [5.74, 6) is -0.654. The number of hydrogen-bond donors (Lipinski definition) is 0. The molecule has 0 saturated carbocycles. The number of rotatable bonds is 8. The number of thioether (sulfide) groups is 2. The standard InChI is InChI=1S/C25H26FN3O4S2/c1-2-33-24(32)17-6-5-13-28(14-17)22(30)15-34-16-35-25-27-21-8-4-3-7-20(21)23(31)29(25)19-11-9-18(26)10-12-19/h3-4,7-12,17H,2,5-6,13-16H2,1H3. The van der Waals surface area contributed by atoms with Crippen LogP contribution in [0.25, 0.3) is 16.6 Å². The fraction of sp³-hybridized carbons (Fsp3) is 0.360. The third-order valence-electron chi connectivity index (χ3n) is 5.72. The average molecular weight is 516 g/mol. The lowest BCUT2D eigenvalue weighted by molar-refractivity contribution is -0.151. The van der Waals surface area contributed by atoms with Gasteiger partial charge in [0.1, 0.15) is 5.82 Å². The summed E-state index contributed by atoms with van der Waals surface area (Å²) in [6, 6.07) is 12.8. The van der Waals surface area contributed by atoms with Gasteiger partial charge in [-0.3, -0.25) is 19.0 Å². The van der Waals surface area contributed by atoms with Crippen molar-refractivity contribution in [3.8, 4) is 5.69 Å². The van der Waals surface area contributed by atoms with E-state index in [9.17, 15) is 18.8 Å². The molecular formula is C25H26FN3O4S2. The first-order valence-corrected chi connectivity index (χ1v) is 13.5. The summed E-state index contributed by atoms with van der Waals surface area (Å²) in [5.41, 5.74) is 0.874. The summed E-state index contributed by atoms with van der Waals surface area (Å²) < 4.78 is 20.1. The highest BCUT2D eigenvalue weighted by atomic mass is 32.2. The number of piperidine rings is 1. The summed E-state index contributed by atoms with van der Waals surface area (Å²) in [6.45, 7) is 3.14. The second-order valence-corrected chi connectivity index (χ2v) is 10.4. The van der Waals surface area contributed by atoms with Gasteiger partial charge < -0.3 is 9.64 Å². The van der Waals surface area contributed by atoms with Crippen molar-refractivity contribution in [1.29, 1.82) is 0 Å². The van der Waals surface area contributed by atoms with Gasteiger partial charge in [-0.15, -0.1) is 11.8 Å². The number of esters is 1. The van der Waals surface area contributed by atoms with Gasteiger partial charge in [0.15, 0.2) is 5.16 Å². The lowest BCUT2D eigenvalue weighted by Crippen LogP contribution is -2.43. The molecule has 0 spiro atoms. The van der Waals surface area contributed by atoms with E-state index in [4.69, 9.17) is 4.74 Å². The number of hydrogen-bond acceptors (Lipinski definition) is 7. The zero-order valence-electron chi connectivity index (χ0n) is 19.3. The van der Waals surface area contributed by atoms with Gasteiger partial charge in [-0.25, -0.2) is 9.37 Å². The van der Waals surface area contributed by atoms with Gasteiger partial charge in [0.05, 0.1) is 34.9 Å². The number of fused-ring (bicyclic) bond motifs is 1. The minimum atomic E-state index is -0.387. The van der Waals surface area contributed by atoms with E-state index in [0.717, 1.165) is 12.8 Å². The van der Waals surface area contributed by atoms with Crippen molar-refractivity contribution in [2.45, 2.75) is 24.9 Å². The van der Waals surface area contributed by atoms with E-state index in [1.165, 1.54) is 40.2 Å². The van der Waals surface area contributed by atoms with Gasteiger partial charge in [0.25, 0.3) is 5.56 Å². The van der Waals surface area contributed by atoms with Crippen LogP contribution in [0.2, 0.25) is 0 Å². The number of nitrogens with zero attached hydrogens (tertiary/aromatic N) is 3. The molecule has 1 aromatic heterocycles. The second-order valence-electron chi connectivity index (χ2n) is 8.07. The highest BCUT2D eigenvalue weighted by molar-refractivity contribution is 8.16. The van der Waals surface area contributed by atoms with Crippen LogP contribution in [0.5, 0.6) is 0 Å². The summed E-state index contributed by atoms with van der Waals surface area (Å²) in [7, 11) is 0. The first-order valence-electron chi connectivity index (χ1n) is 11.4. The van der Waals surface area contributed by atoms with Gasteiger partial charge in [-0.05, 0) is 56.2 Å². The Morgan fingerprint density at radius 2 is 1.94 bits per heavy atom. The second kappa shape index (κ2) is 11.7. The molecule has 1 fully saturated rings. The maximum absolute atomic E-state index is 13.5. The fourth-order valence-electron chi connectivity index (χ4n) is 4.00. The van der Waals surface area contributed by atoms with E-state index >= 15 is 0 Å². The van der Waals surface area contributed by atoms with E-state index in [1.807, 2.05) is 6.07 Å². The minimum absolute atomic E-state index is 0.0213. The average Bonchev–Trinajstić information content (AvgIpc) is 2.87. The van der Waals surface area contributed by atoms with Gasteiger partial charge >= 0.3 is 5.97 Å². The normalized spacial score (nSPS) is 15.8. The van der Waals surface area contributed by atoms with E-state index in [2.05, 4.69) is 4.98 Å². The lowest BCUT2D eigenvalue weighted by atomic mass is 9.98. The van der Waals surface area contributed by atoms with Gasteiger partial charge in [-0.1, -0.05) is 23.9 Å². The van der Waals surface area contributed by atoms with E-state index in [1.54, 1.807) is 42.2 Å². The van der Waals surface area contributed by atoms with Crippen molar-refractivity contribution < 1.29 is 18.7 Å². The topological polar surface area (TPSA) is 81.5 Å². The highest BCUT2D eigenvalue weighted by Crippen LogP contribution is 2.25. The maximum atomic E-state index is 13.5. The lowest BCUT2D eigenvalue weighted by Gasteiger charge is -2.31. The molecule has 2 heterocycles. The molecule has 3 aromatic rings. The van der Waals surface area contributed by atoms with Crippen LogP contribution in [0.1, 0.15) is 19.8 Å². The predicted molar refractivity (Wildman–Crippen MR) is 136 cm³/mol. The van der Waals surface area contributed by atoms with Crippen LogP contribution in [0.15, 0.2) is 58.5 Å². The third-order valence-corrected chi connectivity index (χ3v) is 7.84. The first kappa shape index (κ1) is 25.2. The molecule has 35 heavy (non-hydrogen) atoms. The summed E-state index contributed by atoms with van der Waals surface area (Å²) in [6.07, 6.45) is 1.51. The Hall–Kier alpha value is -2.85. The monoisotopic (exact) mass is 515 g/mol. The van der Waals surface area contributed by atoms with Gasteiger partial charge in [0.2, 0.25) is 5.91 Å². The molecule has 1 amide bonds. The molecule has 0 N–H and O–H groups in total. The van der Waals surface area contributed by atoms with Crippen molar-refractivity contribution in [2.24, 2.45) is 5.92 Å². The maximum Gasteiger partial charge on any atom is 0.310 e. The van der Waals surface area contributed by atoms with E-state index < -0.39 is 0 Å². The Morgan fingerprint density at radius 3 is 2.71 bits per heavy atom. The van der Waals surface area contributed by atoms with Crippen LogP contribution in [0.4, 0.5) is 4.39 Å². The SMILES string of the molecule is CCOC(=O)C1CCCN(C(=O)CSCSc2nc3ccccc3c(=O)n2-c2ccc(F)cc2)C1. The minimum Gasteiger partial charge on any atom is -0.466 e. The molecule has 1 unspecified atom stereocenters. The van der Waals surface area contributed by atoms with Crippen molar-refractivity contribution in [3.63, 3.8) is 0 Å². The zero-order chi connectivity index (χ0) is 24.8. The number of carbonyl (C=O) groups is 2. The van der Waals surface area contributed by atoms with E-state index in [-0.39, 0.29) is 34.9 Å². The molecular weight excluding hydrogens is 489 g/mol. The molecule has 7 nitrogen and oxygen atoms in total. The van der Waals surface area contributed by atoms with E-state index in [0.29, 0.717) is 46.5 Å². The molecule has 10 heteroatoms. The Kier molecular flexibility index (Phi) is 8.46. The Labute approximate surface area is 211 Å². The molecule has 2 aromatic carbocycles. The number of likely N-dealkylation sites (tertiary alicyclic amines) is 1. The van der Waals surface area contributed by atoms with Crippen LogP contribution < -0.4 is 5.56 Å². The van der Waals surface area contributed by atoms with Crippen LogP contribution in [0, 0.1) is 11.7 Å². The number of amides is 1. The number of ether oxygens (including phenoxy) is 1. The van der Waals surface area contributed by atoms with Crippen molar-refractivity contribution >= 4 is 46.3 Å². The zero-order valence-corrected chi connectivity index (χ0v) is 20.9. The molecule has 0 radical (unpaired) electrons. The van der Waals surface area contributed by atoms with Crippen LogP contribution in [-0.2, 0) is 14.3 Å². The quantitative estimate of drug-likeness (QED) is 0.147. The Bertz CT molecular complexity index is 1270. The Balaban J connectivity index is 1.43. The summed E-state index contributed by atoms with van der Waals surface area (Å²) in [4.78, 5) is 44.4. The summed E-state index contributed by atoms with van der Waals surface area (Å²) >= 11 is 2.78. The van der Waals surface area contributed by atoms with Crippen LogP contribution in [0.3, 0.4) is 0 Å². The van der Waals surface area contributed by atoms with Crippen molar-refractivity contribution in [2.75, 3.05) is 30.5 Å². The van der Waals surface area contributed by atoms with Crippen LogP contribution in [-0.4, -0.2) is 56.9 Å². The number of halogens is 1. The first-order chi connectivity index (χ1) is 17.0. The molecule has 0 aliphatic carbocycles. The number of benzene rings is 2. The Morgan fingerprint density at radius 1 is 1.17 bits per heavy atom. The molecule has 184 valence electrons. The highest BCUT2D eigenvalue weighted by Gasteiger charge is 2.29. The molecule has 1 saturated heterocycles. The van der Waals surface area contributed by atoms with Crippen LogP contribution >= 0.6 is 23.5 Å². The number of aromatic nitrogens is 2. The fourth-order valence-corrected chi connectivity index (χ4v) is 5.92. The number of carbonyl (C=O) groups excluding carboxylic acids is 2. The molecule has 4 rings (SSSR count). The molecule has 1 aliphatic rings. The molecule has 1 atom stereocenters. The smallest absolute Gasteiger partial charge is 0.310 e. The third kappa shape index (κ3) is 6.05. The van der Waals surface area contributed by atoms with Gasteiger partial charge in [0, 0.05) is 18.2 Å². The van der Waals surface area contributed by atoms with Gasteiger partial charge in [-0.2, -0.15) is 0 Å². The number of para-hydroxylation sites is 1.